The number of hydrogen-bond acceptors (Lipinski definition) is 3. The Bertz CT molecular complexity index is 523. The average Bonchev–Trinajstić information content (AvgIpc) is 2.30. The molecule has 4 heteroatoms. The Morgan fingerprint density at radius 1 is 1.28 bits per heavy atom. The molecule has 0 aliphatic carbocycles. The Kier molecular flexibility index (Phi) is 3.89. The van der Waals surface area contributed by atoms with Gasteiger partial charge in [-0.25, -0.2) is 4.39 Å². The lowest BCUT2D eigenvalue weighted by Gasteiger charge is -2.07. The Morgan fingerprint density at radius 2 is 2.11 bits per heavy atom. The molecule has 0 amide bonds. The van der Waals surface area contributed by atoms with Gasteiger partial charge in [-0.05, 0) is 41.8 Å². The SMILES string of the molecule is Cc1ccncc1CNCc1cc(O)cc(F)c1. The topological polar surface area (TPSA) is 45.2 Å². The van der Waals surface area contributed by atoms with E-state index in [9.17, 15) is 9.50 Å². The van der Waals surface area contributed by atoms with Crippen LogP contribution in [0.5, 0.6) is 5.75 Å². The molecule has 1 aromatic carbocycles. The maximum Gasteiger partial charge on any atom is 0.127 e. The van der Waals surface area contributed by atoms with Crippen LogP contribution < -0.4 is 5.32 Å². The Morgan fingerprint density at radius 3 is 2.83 bits per heavy atom. The fourth-order valence-corrected chi connectivity index (χ4v) is 1.76. The highest BCUT2D eigenvalue weighted by Crippen LogP contribution is 2.14. The molecule has 1 heterocycles. The monoisotopic (exact) mass is 246 g/mol. The number of aromatic nitrogens is 1. The third-order valence-corrected chi connectivity index (χ3v) is 2.73. The predicted molar refractivity (Wildman–Crippen MR) is 67.6 cm³/mol. The summed E-state index contributed by atoms with van der Waals surface area (Å²) in [4.78, 5) is 4.06. The molecule has 0 radical (unpaired) electrons. The summed E-state index contributed by atoms with van der Waals surface area (Å²) in [5.74, 6) is -0.478. The molecule has 3 nitrogen and oxygen atoms in total. The minimum Gasteiger partial charge on any atom is -0.508 e. The van der Waals surface area contributed by atoms with E-state index < -0.39 is 5.82 Å². The molecule has 2 N–H and O–H groups in total. The predicted octanol–water partition coefficient (Wildman–Crippen LogP) is 2.52. The van der Waals surface area contributed by atoms with Crippen LogP contribution in [0.15, 0.2) is 36.7 Å². The van der Waals surface area contributed by atoms with Crippen molar-refractivity contribution in [1.29, 1.82) is 0 Å². The third kappa shape index (κ3) is 3.28. The first kappa shape index (κ1) is 12.5. The number of nitrogens with one attached hydrogen (secondary N) is 1. The summed E-state index contributed by atoms with van der Waals surface area (Å²) in [6.07, 6.45) is 3.56. The molecule has 0 unspecified atom stereocenters. The molecular weight excluding hydrogens is 231 g/mol. The number of phenolic OH excluding ortho intramolecular Hbond substituents is 1. The minimum absolute atomic E-state index is 0.0515. The second-order valence-corrected chi connectivity index (χ2v) is 4.22. The highest BCUT2D eigenvalue weighted by molar-refractivity contribution is 5.28. The standard InChI is InChI=1S/C14H15FN2O/c1-10-2-3-16-8-12(10)9-17-7-11-4-13(15)6-14(18)5-11/h2-6,8,17-18H,7,9H2,1H3. The number of benzene rings is 1. The molecule has 94 valence electrons. The minimum atomic E-state index is -0.427. The summed E-state index contributed by atoms with van der Waals surface area (Å²) in [5.41, 5.74) is 2.99. The molecular formula is C14H15FN2O. The van der Waals surface area contributed by atoms with E-state index in [-0.39, 0.29) is 5.75 Å². The van der Waals surface area contributed by atoms with Crippen molar-refractivity contribution in [3.05, 3.63) is 59.2 Å². The van der Waals surface area contributed by atoms with Gasteiger partial charge in [-0.2, -0.15) is 0 Å². The lowest BCUT2D eigenvalue weighted by molar-refractivity contribution is 0.467. The van der Waals surface area contributed by atoms with Crippen LogP contribution in [-0.4, -0.2) is 10.1 Å². The Balaban J connectivity index is 1.94. The van der Waals surface area contributed by atoms with Gasteiger partial charge < -0.3 is 10.4 Å². The van der Waals surface area contributed by atoms with Crippen molar-refractivity contribution < 1.29 is 9.50 Å². The Labute approximate surface area is 105 Å². The van der Waals surface area contributed by atoms with Crippen molar-refractivity contribution in [1.82, 2.24) is 10.3 Å². The van der Waals surface area contributed by atoms with Crippen LogP contribution in [0, 0.1) is 12.7 Å². The second kappa shape index (κ2) is 5.60. The molecule has 2 aromatic rings. The zero-order chi connectivity index (χ0) is 13.0. The van der Waals surface area contributed by atoms with E-state index in [0.29, 0.717) is 18.7 Å². The van der Waals surface area contributed by atoms with Crippen LogP contribution in [0.2, 0.25) is 0 Å². The van der Waals surface area contributed by atoms with Crippen molar-refractivity contribution in [3.8, 4) is 5.75 Å². The molecule has 0 aliphatic heterocycles. The number of hydrogen-bond donors (Lipinski definition) is 2. The molecule has 1 aromatic heterocycles. The number of aryl methyl sites for hydroxylation is 1. The maximum atomic E-state index is 13.0. The zero-order valence-corrected chi connectivity index (χ0v) is 10.2. The van der Waals surface area contributed by atoms with Gasteiger partial charge in [0.15, 0.2) is 0 Å². The molecule has 0 spiro atoms. The zero-order valence-electron chi connectivity index (χ0n) is 10.2. The van der Waals surface area contributed by atoms with Crippen molar-refractivity contribution >= 4 is 0 Å². The number of nitrogens with zero attached hydrogens (tertiary/aromatic N) is 1. The van der Waals surface area contributed by atoms with Crippen LogP contribution in [-0.2, 0) is 13.1 Å². The number of rotatable bonds is 4. The van der Waals surface area contributed by atoms with Crippen LogP contribution in [0.1, 0.15) is 16.7 Å². The first-order valence-electron chi connectivity index (χ1n) is 5.74. The van der Waals surface area contributed by atoms with Crippen molar-refractivity contribution in [2.24, 2.45) is 0 Å². The van der Waals surface area contributed by atoms with E-state index in [2.05, 4.69) is 10.3 Å². The van der Waals surface area contributed by atoms with Gasteiger partial charge >= 0.3 is 0 Å². The fraction of sp³-hybridized carbons (Fsp3) is 0.214. The van der Waals surface area contributed by atoms with E-state index in [0.717, 1.165) is 11.6 Å². The van der Waals surface area contributed by atoms with Gasteiger partial charge in [0.05, 0.1) is 0 Å². The van der Waals surface area contributed by atoms with Gasteiger partial charge in [-0.15, -0.1) is 0 Å². The number of aromatic hydroxyl groups is 1. The summed E-state index contributed by atoms with van der Waals surface area (Å²) in [6.45, 7) is 3.18. The summed E-state index contributed by atoms with van der Waals surface area (Å²) < 4.78 is 13.0. The quantitative estimate of drug-likeness (QED) is 0.871. The van der Waals surface area contributed by atoms with Crippen molar-refractivity contribution in [2.75, 3.05) is 0 Å². The van der Waals surface area contributed by atoms with E-state index in [1.807, 2.05) is 19.2 Å². The third-order valence-electron chi connectivity index (χ3n) is 2.73. The van der Waals surface area contributed by atoms with Crippen LogP contribution in [0.25, 0.3) is 0 Å². The van der Waals surface area contributed by atoms with Gasteiger partial charge in [-0.3, -0.25) is 4.98 Å². The molecule has 18 heavy (non-hydrogen) atoms. The van der Waals surface area contributed by atoms with Gasteiger partial charge in [0.25, 0.3) is 0 Å². The van der Waals surface area contributed by atoms with Crippen molar-refractivity contribution in [3.63, 3.8) is 0 Å². The highest BCUT2D eigenvalue weighted by Gasteiger charge is 2.01. The summed E-state index contributed by atoms with van der Waals surface area (Å²) in [7, 11) is 0. The summed E-state index contributed by atoms with van der Waals surface area (Å²) >= 11 is 0. The lowest BCUT2D eigenvalue weighted by Crippen LogP contribution is -2.13. The molecule has 0 saturated carbocycles. The first-order chi connectivity index (χ1) is 8.65. The maximum absolute atomic E-state index is 13.0. The smallest absolute Gasteiger partial charge is 0.127 e. The Hall–Kier alpha value is -1.94. The van der Waals surface area contributed by atoms with Crippen LogP contribution in [0.4, 0.5) is 4.39 Å². The number of phenols is 1. The van der Waals surface area contributed by atoms with E-state index in [1.54, 1.807) is 12.3 Å². The van der Waals surface area contributed by atoms with Gasteiger partial charge in [0.1, 0.15) is 11.6 Å². The van der Waals surface area contributed by atoms with E-state index in [1.165, 1.54) is 11.6 Å². The largest absolute Gasteiger partial charge is 0.508 e. The number of halogens is 1. The lowest BCUT2D eigenvalue weighted by atomic mass is 10.1. The normalized spacial score (nSPS) is 10.6. The van der Waals surface area contributed by atoms with Gasteiger partial charge in [-0.1, -0.05) is 0 Å². The number of pyridine rings is 1. The van der Waals surface area contributed by atoms with Crippen LogP contribution >= 0.6 is 0 Å². The van der Waals surface area contributed by atoms with Crippen LogP contribution in [0.3, 0.4) is 0 Å². The fourth-order valence-electron chi connectivity index (χ4n) is 1.76. The van der Waals surface area contributed by atoms with Gasteiger partial charge in [0, 0.05) is 31.5 Å². The first-order valence-corrected chi connectivity index (χ1v) is 5.74. The van der Waals surface area contributed by atoms with E-state index >= 15 is 0 Å². The summed E-state index contributed by atoms with van der Waals surface area (Å²) in [6, 6.07) is 5.99. The van der Waals surface area contributed by atoms with Gasteiger partial charge in [0.2, 0.25) is 0 Å². The second-order valence-electron chi connectivity index (χ2n) is 4.22. The average molecular weight is 246 g/mol. The highest BCUT2D eigenvalue weighted by atomic mass is 19.1. The molecule has 0 fully saturated rings. The molecule has 0 atom stereocenters. The molecule has 2 rings (SSSR count). The molecule has 0 saturated heterocycles. The van der Waals surface area contributed by atoms with E-state index in [4.69, 9.17) is 0 Å². The van der Waals surface area contributed by atoms with Crippen molar-refractivity contribution in [2.45, 2.75) is 20.0 Å². The molecule has 0 bridgehead atoms. The summed E-state index contributed by atoms with van der Waals surface area (Å²) in [5, 5.41) is 12.5. The molecule has 0 aliphatic rings.